The topological polar surface area (TPSA) is 35.5 Å². The van der Waals surface area contributed by atoms with Crippen LogP contribution in [0.1, 0.15) is 43.6 Å². The maximum atomic E-state index is 12.8. The Morgan fingerprint density at radius 2 is 1.64 bits per heavy atom. The Hall–Kier alpha value is -1.05. The van der Waals surface area contributed by atoms with Gasteiger partial charge >= 0.3 is 13.3 Å². The molecule has 3 nitrogen and oxygen atoms in total. The molecule has 8 heteroatoms. The lowest BCUT2D eigenvalue weighted by Crippen LogP contribution is -2.41. The summed E-state index contributed by atoms with van der Waals surface area (Å²) in [5.41, 5.74) is -2.45. The second-order valence-corrected chi connectivity index (χ2v) is 6.57. The van der Waals surface area contributed by atoms with Crippen LogP contribution in [-0.4, -0.2) is 24.6 Å². The molecular weight excluding hydrogens is 319 g/mol. The molecule has 1 aromatic carbocycles. The van der Waals surface area contributed by atoms with E-state index >= 15 is 0 Å². The van der Waals surface area contributed by atoms with E-state index in [1.165, 1.54) is 0 Å². The molecule has 0 radical (unpaired) electrons. The maximum absolute atomic E-state index is 12.8. The Bertz CT molecular complexity index is 598. The predicted molar refractivity (Wildman–Crippen MR) is 77.6 cm³/mol. The number of halogens is 4. The van der Waals surface area contributed by atoms with Gasteiger partial charge in [0.05, 0.1) is 16.8 Å². The molecule has 0 N–H and O–H groups in total. The summed E-state index contributed by atoms with van der Waals surface area (Å²) in [7, 11) is -1.00. The SMILES string of the molecule is CC1(C)OB(c2c(Cl)cc(C(F)(F)F)cc2C=O)OC1(C)C. The minimum absolute atomic E-state index is 0.114. The van der Waals surface area contributed by atoms with Crippen LogP contribution >= 0.6 is 11.6 Å². The summed E-state index contributed by atoms with van der Waals surface area (Å²) < 4.78 is 49.9. The molecule has 0 aromatic heterocycles. The van der Waals surface area contributed by atoms with Gasteiger partial charge in [0.15, 0.2) is 0 Å². The number of rotatable bonds is 2. The molecule has 1 fully saturated rings. The van der Waals surface area contributed by atoms with Gasteiger partial charge in [0.1, 0.15) is 6.29 Å². The lowest BCUT2D eigenvalue weighted by Gasteiger charge is -2.32. The summed E-state index contributed by atoms with van der Waals surface area (Å²) in [5.74, 6) is 0. The van der Waals surface area contributed by atoms with E-state index in [1.54, 1.807) is 27.7 Å². The Morgan fingerprint density at radius 1 is 1.14 bits per heavy atom. The number of hydrogen-bond donors (Lipinski definition) is 0. The van der Waals surface area contributed by atoms with Gasteiger partial charge in [0.2, 0.25) is 0 Å². The zero-order chi connectivity index (χ0) is 16.9. The number of alkyl halides is 3. The quantitative estimate of drug-likeness (QED) is 0.614. The minimum Gasteiger partial charge on any atom is -0.399 e. The monoisotopic (exact) mass is 334 g/mol. The molecule has 1 aromatic rings. The molecule has 0 unspecified atom stereocenters. The van der Waals surface area contributed by atoms with E-state index in [0.717, 1.165) is 12.1 Å². The molecular formula is C14H15BClF3O3. The molecule has 0 aliphatic carbocycles. The summed E-state index contributed by atoms with van der Waals surface area (Å²) in [6.07, 6.45) is -4.27. The van der Waals surface area contributed by atoms with Gasteiger partial charge in [0.25, 0.3) is 0 Å². The van der Waals surface area contributed by atoms with Gasteiger partial charge < -0.3 is 9.31 Å². The van der Waals surface area contributed by atoms with Crippen LogP contribution in [0.25, 0.3) is 0 Å². The van der Waals surface area contributed by atoms with Crippen LogP contribution in [0.15, 0.2) is 12.1 Å². The lowest BCUT2D eigenvalue weighted by atomic mass is 9.75. The summed E-state index contributed by atoms with van der Waals surface area (Å²) in [6, 6.07) is 1.52. The van der Waals surface area contributed by atoms with E-state index in [-0.39, 0.29) is 16.0 Å². The highest BCUT2D eigenvalue weighted by Gasteiger charge is 2.53. The van der Waals surface area contributed by atoms with Crippen LogP contribution in [0, 0.1) is 0 Å². The second kappa shape index (κ2) is 5.25. The smallest absolute Gasteiger partial charge is 0.399 e. The Kier molecular flexibility index (Phi) is 4.13. The Labute approximate surface area is 131 Å². The highest BCUT2D eigenvalue weighted by atomic mass is 35.5. The van der Waals surface area contributed by atoms with Crippen LogP contribution in [0.2, 0.25) is 5.02 Å². The van der Waals surface area contributed by atoms with E-state index in [4.69, 9.17) is 20.9 Å². The molecule has 1 saturated heterocycles. The van der Waals surface area contributed by atoms with E-state index < -0.39 is 30.1 Å². The van der Waals surface area contributed by atoms with Crippen LogP contribution in [0.3, 0.4) is 0 Å². The van der Waals surface area contributed by atoms with Crippen molar-refractivity contribution < 1.29 is 27.3 Å². The van der Waals surface area contributed by atoms with Crippen LogP contribution in [-0.2, 0) is 15.5 Å². The van der Waals surface area contributed by atoms with Gasteiger partial charge in [-0.3, -0.25) is 4.79 Å². The fourth-order valence-electron chi connectivity index (χ4n) is 2.11. The molecule has 2 rings (SSSR count). The third kappa shape index (κ3) is 2.89. The number of hydrogen-bond acceptors (Lipinski definition) is 3. The van der Waals surface area contributed by atoms with Crippen molar-refractivity contribution in [3.05, 3.63) is 28.3 Å². The zero-order valence-electron chi connectivity index (χ0n) is 12.5. The van der Waals surface area contributed by atoms with Crippen LogP contribution < -0.4 is 5.46 Å². The van der Waals surface area contributed by atoms with Crippen molar-refractivity contribution in [2.24, 2.45) is 0 Å². The number of aldehydes is 1. The molecule has 0 atom stereocenters. The van der Waals surface area contributed by atoms with Gasteiger partial charge in [-0.25, -0.2) is 0 Å². The second-order valence-electron chi connectivity index (χ2n) is 6.16. The van der Waals surface area contributed by atoms with Gasteiger partial charge in [-0.05, 0) is 39.8 Å². The number of carbonyl (C=O) groups excluding carboxylic acids is 1. The molecule has 1 heterocycles. The van der Waals surface area contributed by atoms with Crippen LogP contribution in [0.4, 0.5) is 13.2 Å². The minimum atomic E-state index is -4.59. The highest BCUT2D eigenvalue weighted by molar-refractivity contribution is 6.67. The lowest BCUT2D eigenvalue weighted by molar-refractivity contribution is -0.137. The van der Waals surface area contributed by atoms with Gasteiger partial charge in [0, 0.05) is 16.0 Å². The molecule has 0 amide bonds. The first-order valence-electron chi connectivity index (χ1n) is 6.60. The van der Waals surface area contributed by atoms with Gasteiger partial charge in [-0.2, -0.15) is 13.2 Å². The van der Waals surface area contributed by atoms with Crippen LogP contribution in [0.5, 0.6) is 0 Å². The average molecular weight is 335 g/mol. The summed E-state index contributed by atoms with van der Waals surface area (Å²) in [6.45, 7) is 7.19. The molecule has 0 bridgehead atoms. The molecule has 120 valence electrons. The molecule has 0 saturated carbocycles. The first kappa shape index (κ1) is 17.3. The van der Waals surface area contributed by atoms with Gasteiger partial charge in [-0.1, -0.05) is 11.6 Å². The van der Waals surface area contributed by atoms with Crippen molar-refractivity contribution in [3.8, 4) is 0 Å². The maximum Gasteiger partial charge on any atom is 0.497 e. The van der Waals surface area contributed by atoms with Crippen molar-refractivity contribution >= 4 is 30.5 Å². The zero-order valence-corrected chi connectivity index (χ0v) is 13.3. The van der Waals surface area contributed by atoms with Crippen molar-refractivity contribution in [2.45, 2.75) is 45.1 Å². The molecule has 1 aliphatic heterocycles. The highest BCUT2D eigenvalue weighted by Crippen LogP contribution is 2.38. The van der Waals surface area contributed by atoms with Crippen molar-refractivity contribution in [2.75, 3.05) is 0 Å². The Morgan fingerprint density at radius 3 is 2.05 bits per heavy atom. The van der Waals surface area contributed by atoms with Crippen molar-refractivity contribution in [1.29, 1.82) is 0 Å². The third-order valence-electron chi connectivity index (χ3n) is 4.10. The number of benzene rings is 1. The standard InChI is InChI=1S/C14H15BClF3O3/c1-12(2)13(3,4)22-15(21-12)11-8(7-20)5-9(6-10(11)16)14(17,18)19/h5-7H,1-4H3. The molecule has 1 aliphatic rings. The fourth-order valence-corrected chi connectivity index (χ4v) is 2.43. The van der Waals surface area contributed by atoms with E-state index in [2.05, 4.69) is 0 Å². The summed E-state index contributed by atoms with van der Waals surface area (Å²) in [4.78, 5) is 11.2. The number of carbonyl (C=O) groups is 1. The van der Waals surface area contributed by atoms with E-state index in [1.807, 2.05) is 0 Å². The summed E-state index contributed by atoms with van der Waals surface area (Å²) in [5, 5.41) is -0.213. The molecule has 22 heavy (non-hydrogen) atoms. The first-order valence-corrected chi connectivity index (χ1v) is 6.98. The Balaban J connectivity index is 2.52. The predicted octanol–water partition coefficient (Wildman–Crippen LogP) is 3.47. The fraction of sp³-hybridized carbons (Fsp3) is 0.500. The van der Waals surface area contributed by atoms with E-state index in [9.17, 15) is 18.0 Å². The third-order valence-corrected chi connectivity index (χ3v) is 4.42. The molecule has 0 spiro atoms. The van der Waals surface area contributed by atoms with Gasteiger partial charge in [-0.15, -0.1) is 0 Å². The van der Waals surface area contributed by atoms with Crippen molar-refractivity contribution in [1.82, 2.24) is 0 Å². The van der Waals surface area contributed by atoms with E-state index in [0.29, 0.717) is 6.29 Å². The first-order chi connectivity index (χ1) is 9.89. The normalized spacial score (nSPS) is 20.3. The summed E-state index contributed by atoms with van der Waals surface area (Å²) >= 11 is 5.97. The van der Waals surface area contributed by atoms with Crippen molar-refractivity contribution in [3.63, 3.8) is 0 Å². The largest absolute Gasteiger partial charge is 0.497 e. The average Bonchev–Trinajstić information content (AvgIpc) is 2.55.